The van der Waals surface area contributed by atoms with Crippen LogP contribution in [0.2, 0.25) is 0 Å². The van der Waals surface area contributed by atoms with E-state index >= 15 is 0 Å². The van der Waals surface area contributed by atoms with E-state index in [1.165, 1.54) is 0 Å². The van der Waals surface area contributed by atoms with Gasteiger partial charge in [0.05, 0.1) is 5.56 Å². The molecule has 0 amide bonds. The van der Waals surface area contributed by atoms with Crippen molar-refractivity contribution in [1.82, 2.24) is 9.97 Å². The second kappa shape index (κ2) is 6.80. The van der Waals surface area contributed by atoms with Crippen molar-refractivity contribution in [3.8, 4) is 28.8 Å². The normalized spacial score (nSPS) is 11.9. The van der Waals surface area contributed by atoms with Gasteiger partial charge < -0.3 is 14.5 Å². The lowest BCUT2D eigenvalue weighted by molar-refractivity contribution is 0.363. The molecule has 4 rings (SSSR count). The maximum Gasteiger partial charge on any atom is 0.258 e. The van der Waals surface area contributed by atoms with Crippen LogP contribution in [0.15, 0.2) is 64.4 Å². The van der Waals surface area contributed by atoms with Gasteiger partial charge in [-0.1, -0.05) is 28.6 Å². The van der Waals surface area contributed by atoms with Crippen LogP contribution in [0.25, 0.3) is 11.4 Å². The molecule has 0 fully saturated rings. The van der Waals surface area contributed by atoms with Crippen LogP contribution >= 0.6 is 15.9 Å². The van der Waals surface area contributed by atoms with Crippen LogP contribution in [0.3, 0.4) is 0 Å². The minimum atomic E-state index is -0.192. The van der Waals surface area contributed by atoms with E-state index in [9.17, 15) is 4.79 Å². The fraction of sp³-hybridized carbons (Fsp3) is 0.100. The van der Waals surface area contributed by atoms with Crippen molar-refractivity contribution in [2.45, 2.75) is 6.42 Å². The first-order valence-electron chi connectivity index (χ1n) is 8.07. The Balaban J connectivity index is 1.68. The Morgan fingerprint density at radius 3 is 2.85 bits per heavy atom. The number of hydrogen-bond acceptors (Lipinski definition) is 4. The third-order valence-electron chi connectivity index (χ3n) is 4.07. The third-order valence-corrected chi connectivity index (χ3v) is 4.56. The fourth-order valence-electron chi connectivity index (χ4n) is 2.80. The average Bonchev–Trinajstić information content (AvgIpc) is 2.65. The molecule has 2 aromatic carbocycles. The second-order valence-electron chi connectivity index (χ2n) is 5.85. The molecule has 5 nitrogen and oxygen atoms in total. The number of nitrogens with zero attached hydrogens (tertiary/aromatic N) is 1. The van der Waals surface area contributed by atoms with Gasteiger partial charge in [-0.3, -0.25) is 4.79 Å². The van der Waals surface area contributed by atoms with Gasteiger partial charge in [-0.2, -0.15) is 4.98 Å². The second-order valence-corrected chi connectivity index (χ2v) is 6.77. The predicted molar refractivity (Wildman–Crippen MR) is 103 cm³/mol. The minimum absolute atomic E-state index is 0.192. The van der Waals surface area contributed by atoms with Gasteiger partial charge in [0.2, 0.25) is 5.88 Å². The molecule has 0 saturated carbocycles. The van der Waals surface area contributed by atoms with Crippen LogP contribution in [0.5, 0.6) is 17.4 Å². The van der Waals surface area contributed by atoms with Crippen LogP contribution in [-0.2, 0) is 6.42 Å². The van der Waals surface area contributed by atoms with Crippen LogP contribution in [-0.4, -0.2) is 16.6 Å². The summed E-state index contributed by atoms with van der Waals surface area (Å²) in [6, 6.07) is 13.1. The molecule has 3 aromatic rings. The van der Waals surface area contributed by atoms with Gasteiger partial charge in [0.15, 0.2) is 0 Å². The van der Waals surface area contributed by atoms with Gasteiger partial charge in [0.25, 0.3) is 5.56 Å². The summed E-state index contributed by atoms with van der Waals surface area (Å²) in [6.07, 6.45) is 2.17. The molecule has 0 saturated heterocycles. The number of aromatic nitrogens is 2. The Morgan fingerprint density at radius 1 is 1.27 bits per heavy atom. The van der Waals surface area contributed by atoms with Gasteiger partial charge in [0.1, 0.15) is 23.9 Å². The van der Waals surface area contributed by atoms with Gasteiger partial charge in [-0.25, -0.2) is 0 Å². The Morgan fingerprint density at radius 2 is 2.08 bits per heavy atom. The van der Waals surface area contributed by atoms with Crippen LogP contribution in [0.1, 0.15) is 11.1 Å². The Bertz CT molecular complexity index is 1040. The lowest BCUT2D eigenvalue weighted by atomic mass is 10.0. The smallest absolute Gasteiger partial charge is 0.258 e. The number of benzene rings is 2. The first kappa shape index (κ1) is 16.6. The van der Waals surface area contributed by atoms with E-state index < -0.39 is 0 Å². The molecule has 26 heavy (non-hydrogen) atoms. The summed E-state index contributed by atoms with van der Waals surface area (Å²) in [4.78, 5) is 19.9. The Labute approximate surface area is 158 Å². The maximum absolute atomic E-state index is 12.5. The molecule has 0 atom stereocenters. The van der Waals surface area contributed by atoms with E-state index in [0.717, 1.165) is 27.1 Å². The molecule has 0 radical (unpaired) electrons. The van der Waals surface area contributed by atoms with Crippen molar-refractivity contribution < 1.29 is 9.47 Å². The zero-order chi connectivity index (χ0) is 18.1. The number of aromatic amines is 1. The summed E-state index contributed by atoms with van der Waals surface area (Å²) < 4.78 is 12.3. The van der Waals surface area contributed by atoms with Crippen molar-refractivity contribution in [2.24, 2.45) is 0 Å². The molecular weight excluding hydrogens is 396 g/mol. The number of rotatable bonds is 4. The summed E-state index contributed by atoms with van der Waals surface area (Å²) in [5.41, 5.74) is 2.07. The first-order valence-corrected chi connectivity index (χ1v) is 8.87. The Hall–Kier alpha value is -2.86. The maximum atomic E-state index is 12.5. The molecule has 1 N–H and O–H groups in total. The van der Waals surface area contributed by atoms with E-state index in [2.05, 4.69) is 32.5 Å². The SMILES string of the molecule is C=CCOc1ccc(-c2nc3c(c(=O)[nH]2)Cc2cc(Br)ccc2O3)cc1. The van der Waals surface area contributed by atoms with Gasteiger partial charge in [-0.15, -0.1) is 0 Å². The van der Waals surface area contributed by atoms with E-state index in [0.29, 0.717) is 30.3 Å². The third kappa shape index (κ3) is 3.15. The molecule has 6 heteroatoms. The molecule has 1 aliphatic heterocycles. The van der Waals surface area contributed by atoms with Crippen LogP contribution in [0.4, 0.5) is 0 Å². The number of halogens is 1. The molecule has 2 heterocycles. The van der Waals surface area contributed by atoms with E-state index in [1.54, 1.807) is 6.08 Å². The van der Waals surface area contributed by atoms with Crippen molar-refractivity contribution in [1.29, 1.82) is 0 Å². The quantitative estimate of drug-likeness (QED) is 0.504. The molecule has 130 valence electrons. The summed E-state index contributed by atoms with van der Waals surface area (Å²) >= 11 is 3.44. The summed E-state index contributed by atoms with van der Waals surface area (Å²) in [7, 11) is 0. The molecule has 1 aromatic heterocycles. The molecule has 0 bridgehead atoms. The lowest BCUT2D eigenvalue weighted by Gasteiger charge is -2.19. The largest absolute Gasteiger partial charge is 0.490 e. The summed E-state index contributed by atoms with van der Waals surface area (Å²) in [5.74, 6) is 2.26. The molecule has 0 spiro atoms. The van der Waals surface area contributed by atoms with Gasteiger partial charge >= 0.3 is 0 Å². The minimum Gasteiger partial charge on any atom is -0.490 e. The topological polar surface area (TPSA) is 64.2 Å². The van der Waals surface area contributed by atoms with E-state index in [4.69, 9.17) is 9.47 Å². The highest BCUT2D eigenvalue weighted by Gasteiger charge is 2.22. The van der Waals surface area contributed by atoms with Gasteiger partial charge in [0, 0.05) is 22.0 Å². The van der Waals surface area contributed by atoms with Gasteiger partial charge in [-0.05, 0) is 42.5 Å². The zero-order valence-electron chi connectivity index (χ0n) is 13.8. The number of ether oxygens (including phenoxy) is 2. The summed E-state index contributed by atoms with van der Waals surface area (Å²) in [6.45, 7) is 4.06. The standard InChI is InChI=1S/C20H15BrN2O3/c1-2-9-25-15-6-3-12(4-7-15)18-22-19(24)16-11-13-10-14(21)5-8-17(13)26-20(16)23-18/h2-8,10H,1,9,11H2,(H,22,23,24). The number of nitrogens with one attached hydrogen (secondary N) is 1. The zero-order valence-corrected chi connectivity index (χ0v) is 15.4. The van der Waals surface area contributed by atoms with E-state index in [-0.39, 0.29) is 5.56 Å². The molecule has 0 unspecified atom stereocenters. The van der Waals surface area contributed by atoms with Crippen molar-refractivity contribution in [3.05, 3.63) is 81.1 Å². The number of H-pyrrole nitrogens is 1. The Kier molecular flexibility index (Phi) is 4.34. The molecule has 1 aliphatic rings. The summed E-state index contributed by atoms with van der Waals surface area (Å²) in [5, 5.41) is 0. The van der Waals surface area contributed by atoms with Crippen molar-refractivity contribution in [3.63, 3.8) is 0 Å². The molecular formula is C20H15BrN2O3. The molecule has 0 aliphatic carbocycles. The van der Waals surface area contributed by atoms with Crippen LogP contribution in [0, 0.1) is 0 Å². The monoisotopic (exact) mass is 410 g/mol. The fourth-order valence-corrected chi connectivity index (χ4v) is 3.21. The highest BCUT2D eigenvalue weighted by Crippen LogP contribution is 2.35. The highest BCUT2D eigenvalue weighted by molar-refractivity contribution is 9.10. The predicted octanol–water partition coefficient (Wildman–Crippen LogP) is 4.46. The van der Waals surface area contributed by atoms with Crippen molar-refractivity contribution >= 4 is 15.9 Å². The highest BCUT2D eigenvalue weighted by atomic mass is 79.9. The number of fused-ring (bicyclic) bond motifs is 2. The van der Waals surface area contributed by atoms with E-state index in [1.807, 2.05) is 42.5 Å². The lowest BCUT2D eigenvalue weighted by Crippen LogP contribution is -2.20. The van der Waals surface area contributed by atoms with Crippen molar-refractivity contribution in [2.75, 3.05) is 6.61 Å². The number of hydrogen-bond donors (Lipinski definition) is 1. The first-order chi connectivity index (χ1) is 12.6. The van der Waals surface area contributed by atoms with Crippen LogP contribution < -0.4 is 15.0 Å². The average molecular weight is 411 g/mol.